The number of nitrogens with zero attached hydrogens (tertiary/aromatic N) is 2. The molecule has 3 heterocycles. The Bertz CT molecular complexity index is 1360. The van der Waals surface area contributed by atoms with Gasteiger partial charge in [-0.3, -0.25) is 19.2 Å². The van der Waals surface area contributed by atoms with Crippen molar-refractivity contribution < 1.29 is 38.5 Å². The average Bonchev–Trinajstić information content (AvgIpc) is 3.70. The van der Waals surface area contributed by atoms with Crippen LogP contribution in [0.3, 0.4) is 0 Å². The zero-order chi connectivity index (χ0) is 36.1. The summed E-state index contributed by atoms with van der Waals surface area (Å²) < 4.78 is 18.4. The second kappa shape index (κ2) is 16.0. The van der Waals surface area contributed by atoms with Gasteiger partial charge in [-0.1, -0.05) is 56.3 Å². The first kappa shape index (κ1) is 38.3. The quantitative estimate of drug-likeness (QED) is 0.187. The fourth-order valence-electron chi connectivity index (χ4n) is 7.95. The van der Waals surface area contributed by atoms with Crippen molar-refractivity contribution in [1.29, 1.82) is 0 Å². The Hall–Kier alpha value is -3.54. The van der Waals surface area contributed by atoms with Crippen molar-refractivity contribution in [2.45, 2.75) is 108 Å². The lowest BCUT2D eigenvalue weighted by Gasteiger charge is -2.43. The van der Waals surface area contributed by atoms with E-state index in [-0.39, 0.29) is 43.9 Å². The zero-order valence-corrected chi connectivity index (χ0v) is 29.9. The monoisotopic (exact) mass is 681 g/mol. The van der Waals surface area contributed by atoms with E-state index in [4.69, 9.17) is 14.2 Å². The maximum absolute atomic E-state index is 14.7. The van der Waals surface area contributed by atoms with Gasteiger partial charge in [-0.15, -0.1) is 13.2 Å². The lowest BCUT2D eigenvalue weighted by Crippen LogP contribution is -2.61. The smallest absolute Gasteiger partial charge is 0.313 e. The fourth-order valence-corrected chi connectivity index (χ4v) is 7.95. The topological polar surface area (TPSA) is 135 Å². The van der Waals surface area contributed by atoms with Crippen LogP contribution in [0.15, 0.2) is 55.6 Å². The molecule has 0 unspecified atom stereocenters. The largest absolute Gasteiger partial charge is 0.455 e. The molecule has 3 aliphatic heterocycles. The first-order valence-electron chi connectivity index (χ1n) is 17.4. The number of esters is 1. The molecule has 49 heavy (non-hydrogen) atoms. The van der Waals surface area contributed by atoms with Crippen molar-refractivity contribution in [2.24, 2.45) is 17.8 Å². The van der Waals surface area contributed by atoms with E-state index in [0.29, 0.717) is 31.2 Å². The van der Waals surface area contributed by atoms with Gasteiger partial charge in [0, 0.05) is 25.6 Å². The number of carbonyl (C=O) groups excluding carboxylic acids is 4. The van der Waals surface area contributed by atoms with E-state index in [9.17, 15) is 24.3 Å². The minimum Gasteiger partial charge on any atom is -0.455 e. The molecule has 3 amide bonds. The molecule has 270 valence electrons. The number of ether oxygens (including phenoxy) is 3. The molecule has 4 rings (SSSR count). The molecule has 1 spiro atoms. The van der Waals surface area contributed by atoms with E-state index in [0.717, 1.165) is 0 Å². The Morgan fingerprint density at radius 3 is 2.45 bits per heavy atom. The summed E-state index contributed by atoms with van der Waals surface area (Å²) in [6.07, 6.45) is 3.76. The van der Waals surface area contributed by atoms with Gasteiger partial charge in [-0.25, -0.2) is 0 Å². The third kappa shape index (κ3) is 7.79. The number of allylic oxidation sites excluding steroid dienone is 1. The van der Waals surface area contributed by atoms with Crippen molar-refractivity contribution in [3.8, 4) is 0 Å². The molecule has 11 nitrogen and oxygen atoms in total. The maximum Gasteiger partial charge on any atom is 0.313 e. The van der Waals surface area contributed by atoms with Crippen LogP contribution in [0.5, 0.6) is 0 Å². The lowest BCUT2D eigenvalue weighted by molar-refractivity contribution is -0.164. The zero-order valence-electron chi connectivity index (χ0n) is 29.9. The number of benzene rings is 1. The molecule has 1 aromatic carbocycles. The maximum atomic E-state index is 14.7. The molecular formula is C38H55N3O8. The minimum atomic E-state index is -1.27. The van der Waals surface area contributed by atoms with E-state index in [2.05, 4.69) is 18.5 Å². The molecule has 0 saturated carbocycles. The number of hydrogen-bond donors (Lipinski definition) is 2. The standard InChI is InChI=1S/C38H55N3O8/c1-9-11-17-29(43)39-27(23-47-8)32(25-15-13-12-14-16-25)48-36(46)30-28-18-19-38(49-28)31(30)34(44)41(26(22-42)21-24(3)4)33(38)35(45)40(20-10-2)37(5,6)7/h9-10,12-16,24,26-28,30-33,42H,1-2,11,17-23H2,3-8H3,(H,39,43)/t26-,27+,28+,30-,31-,32+,33+,38-/m1/s1. The molecule has 3 fully saturated rings. The summed E-state index contributed by atoms with van der Waals surface area (Å²) in [6, 6.07) is 6.68. The molecular weight excluding hydrogens is 626 g/mol. The number of amides is 3. The fraction of sp³-hybridized carbons (Fsp3) is 0.632. The van der Waals surface area contributed by atoms with Gasteiger partial charge in [0.2, 0.25) is 17.7 Å². The number of rotatable bonds is 17. The normalized spacial score (nSPS) is 26.2. The Morgan fingerprint density at radius 2 is 1.88 bits per heavy atom. The van der Waals surface area contributed by atoms with Gasteiger partial charge >= 0.3 is 5.97 Å². The van der Waals surface area contributed by atoms with Gasteiger partial charge in [-0.2, -0.15) is 0 Å². The molecule has 1 aromatic rings. The summed E-state index contributed by atoms with van der Waals surface area (Å²) in [5, 5.41) is 13.6. The lowest BCUT2D eigenvalue weighted by atomic mass is 9.70. The number of methoxy groups -OCH3 is 1. The van der Waals surface area contributed by atoms with Gasteiger partial charge in [0.25, 0.3) is 0 Å². The van der Waals surface area contributed by atoms with Gasteiger partial charge in [0.05, 0.1) is 43.2 Å². The number of fused-ring (bicyclic) bond motifs is 1. The molecule has 2 bridgehead atoms. The third-order valence-electron chi connectivity index (χ3n) is 9.98. The van der Waals surface area contributed by atoms with Crippen molar-refractivity contribution >= 4 is 23.7 Å². The van der Waals surface area contributed by atoms with Crippen LogP contribution in [0.4, 0.5) is 0 Å². The Morgan fingerprint density at radius 1 is 1.18 bits per heavy atom. The number of nitrogens with one attached hydrogen (secondary N) is 1. The number of aliphatic hydroxyl groups excluding tert-OH is 1. The molecule has 3 aliphatic rings. The highest BCUT2D eigenvalue weighted by Gasteiger charge is 2.76. The van der Waals surface area contributed by atoms with Crippen molar-refractivity contribution in [1.82, 2.24) is 15.1 Å². The second-order valence-electron chi connectivity index (χ2n) is 14.9. The number of carbonyl (C=O) groups is 4. The predicted octanol–water partition coefficient (Wildman–Crippen LogP) is 3.96. The van der Waals surface area contributed by atoms with Gasteiger partial charge in [0.15, 0.2) is 0 Å². The number of hydrogen-bond acceptors (Lipinski definition) is 8. The minimum absolute atomic E-state index is 0.0627. The Labute approximate surface area is 291 Å². The van der Waals surface area contributed by atoms with E-state index < -0.39 is 65.2 Å². The van der Waals surface area contributed by atoms with Crippen molar-refractivity contribution in [2.75, 3.05) is 26.9 Å². The van der Waals surface area contributed by atoms with Crippen LogP contribution < -0.4 is 5.32 Å². The van der Waals surface area contributed by atoms with E-state index in [1.54, 1.807) is 17.1 Å². The summed E-state index contributed by atoms with van der Waals surface area (Å²) in [6.45, 7) is 17.3. The van der Waals surface area contributed by atoms with Crippen LogP contribution in [0.1, 0.15) is 78.4 Å². The van der Waals surface area contributed by atoms with Crippen molar-refractivity contribution in [3.63, 3.8) is 0 Å². The van der Waals surface area contributed by atoms with Crippen LogP contribution in [0, 0.1) is 17.8 Å². The molecule has 8 atom stereocenters. The summed E-state index contributed by atoms with van der Waals surface area (Å²) >= 11 is 0. The van der Waals surface area contributed by atoms with Crippen LogP contribution in [0.25, 0.3) is 0 Å². The Kier molecular flexibility index (Phi) is 12.5. The van der Waals surface area contributed by atoms with Crippen LogP contribution >= 0.6 is 0 Å². The number of aliphatic hydroxyl groups is 1. The highest BCUT2D eigenvalue weighted by molar-refractivity contribution is 5.98. The average molecular weight is 682 g/mol. The van der Waals surface area contributed by atoms with Gasteiger partial charge < -0.3 is 34.4 Å². The molecule has 0 radical (unpaired) electrons. The van der Waals surface area contributed by atoms with Crippen LogP contribution in [0.2, 0.25) is 0 Å². The van der Waals surface area contributed by atoms with E-state index in [1.807, 2.05) is 65.0 Å². The highest BCUT2D eigenvalue weighted by Crippen LogP contribution is 2.59. The number of likely N-dealkylation sites (tertiary alicyclic amines) is 1. The molecule has 3 saturated heterocycles. The van der Waals surface area contributed by atoms with Crippen molar-refractivity contribution in [3.05, 3.63) is 61.2 Å². The molecule has 2 N–H and O–H groups in total. The van der Waals surface area contributed by atoms with E-state index in [1.165, 1.54) is 12.0 Å². The third-order valence-corrected chi connectivity index (χ3v) is 9.98. The Balaban J connectivity index is 1.75. The summed E-state index contributed by atoms with van der Waals surface area (Å²) in [7, 11) is 1.51. The van der Waals surface area contributed by atoms with Crippen LogP contribution in [-0.2, 0) is 33.4 Å². The molecule has 0 aromatic heterocycles. The first-order valence-corrected chi connectivity index (χ1v) is 17.4. The molecule has 11 heteroatoms. The first-order chi connectivity index (χ1) is 23.2. The summed E-state index contributed by atoms with van der Waals surface area (Å²) in [5.74, 6) is -3.44. The summed E-state index contributed by atoms with van der Waals surface area (Å²) in [5.41, 5.74) is -1.23. The molecule has 0 aliphatic carbocycles. The SMILES string of the molecule is C=CCCC(=O)N[C@@H](COC)[C@@H](OC(=O)[C@@H]1[C@@H]2CC[C@]3(O2)[C@H](C(=O)N(CC=C)C(C)(C)C)N([C@@H](CO)CC(C)C)C(=O)[C@@H]13)c1ccccc1. The van der Waals surface area contributed by atoms with Crippen LogP contribution in [-0.4, -0.2) is 101 Å². The summed E-state index contributed by atoms with van der Waals surface area (Å²) in [4.78, 5) is 59.9. The van der Waals surface area contributed by atoms with Gasteiger partial charge in [-0.05, 0) is 57.9 Å². The predicted molar refractivity (Wildman–Crippen MR) is 185 cm³/mol. The van der Waals surface area contributed by atoms with Gasteiger partial charge in [0.1, 0.15) is 17.7 Å². The second-order valence-corrected chi connectivity index (χ2v) is 14.9. The highest BCUT2D eigenvalue weighted by atomic mass is 16.6. The van der Waals surface area contributed by atoms with E-state index >= 15 is 0 Å².